The van der Waals surface area contributed by atoms with Gasteiger partial charge in [0.1, 0.15) is 0 Å². The Morgan fingerprint density at radius 3 is 2.14 bits per heavy atom. The van der Waals surface area contributed by atoms with Crippen LogP contribution in [0.25, 0.3) is 0 Å². The zero-order valence-corrected chi connectivity index (χ0v) is 9.30. The molecule has 1 aliphatic rings. The van der Waals surface area contributed by atoms with Crippen LogP contribution in [0.4, 0.5) is 4.39 Å². The van der Waals surface area contributed by atoms with Crippen LogP contribution in [-0.2, 0) is 4.79 Å². The van der Waals surface area contributed by atoms with E-state index in [1.54, 1.807) is 4.90 Å². The van der Waals surface area contributed by atoms with Crippen molar-refractivity contribution in [3.05, 3.63) is 0 Å². The van der Waals surface area contributed by atoms with E-state index in [9.17, 15) is 9.18 Å². The Balaban J connectivity index is 2.78. The Labute approximate surface area is 84.7 Å². The molecular formula is C10H19FN2O. The van der Waals surface area contributed by atoms with Crippen molar-refractivity contribution in [2.45, 2.75) is 45.4 Å². The van der Waals surface area contributed by atoms with Gasteiger partial charge in [0.05, 0.1) is 0 Å². The first-order chi connectivity index (χ1) is 6.34. The maximum absolute atomic E-state index is 13.5. The molecule has 0 bridgehead atoms. The topological polar surface area (TPSA) is 32.3 Å². The summed E-state index contributed by atoms with van der Waals surface area (Å²) in [5.74, 6) is -0.404. The molecular weight excluding hydrogens is 183 g/mol. The highest BCUT2D eigenvalue weighted by atomic mass is 19.1. The van der Waals surface area contributed by atoms with E-state index < -0.39 is 11.6 Å². The number of hydrogen-bond donors (Lipinski definition) is 1. The lowest BCUT2D eigenvalue weighted by Gasteiger charge is -2.41. The number of piperazine rings is 1. The van der Waals surface area contributed by atoms with Gasteiger partial charge >= 0.3 is 0 Å². The number of amides is 1. The number of carbonyl (C=O) groups excluding carboxylic acids is 1. The number of carbonyl (C=O) groups is 1. The Hall–Kier alpha value is -0.640. The molecule has 1 saturated heterocycles. The van der Waals surface area contributed by atoms with Crippen molar-refractivity contribution < 1.29 is 9.18 Å². The number of nitrogens with one attached hydrogen (secondary N) is 1. The standard InChI is InChI=1S/C10H19FN2O/c1-7-5-12-6-8(2)13(7)9(14)10(3,4)11/h7-8,12H,5-6H2,1-4H3. The van der Waals surface area contributed by atoms with Crippen LogP contribution in [-0.4, -0.2) is 41.6 Å². The van der Waals surface area contributed by atoms with Gasteiger partial charge < -0.3 is 10.2 Å². The zero-order chi connectivity index (χ0) is 10.9. The summed E-state index contributed by atoms with van der Waals surface area (Å²) in [6.07, 6.45) is 0. The minimum atomic E-state index is -1.76. The molecule has 1 aliphatic heterocycles. The third-order valence-electron chi connectivity index (χ3n) is 2.57. The van der Waals surface area contributed by atoms with Crippen molar-refractivity contribution in [3.8, 4) is 0 Å². The number of rotatable bonds is 1. The second-order valence-electron chi connectivity index (χ2n) is 4.54. The molecule has 1 rings (SSSR count). The molecule has 14 heavy (non-hydrogen) atoms. The first-order valence-electron chi connectivity index (χ1n) is 5.06. The van der Waals surface area contributed by atoms with E-state index >= 15 is 0 Å². The minimum Gasteiger partial charge on any atom is -0.332 e. The van der Waals surface area contributed by atoms with E-state index in [0.717, 1.165) is 13.1 Å². The zero-order valence-electron chi connectivity index (χ0n) is 9.30. The highest BCUT2D eigenvalue weighted by Crippen LogP contribution is 2.19. The molecule has 1 N–H and O–H groups in total. The maximum atomic E-state index is 13.5. The van der Waals surface area contributed by atoms with Crippen molar-refractivity contribution in [3.63, 3.8) is 0 Å². The van der Waals surface area contributed by atoms with Crippen LogP contribution in [0, 0.1) is 0 Å². The van der Waals surface area contributed by atoms with Gasteiger partial charge in [-0.2, -0.15) is 0 Å². The molecule has 0 spiro atoms. The molecule has 0 aromatic heterocycles. The Bertz CT molecular complexity index is 215. The van der Waals surface area contributed by atoms with Crippen molar-refractivity contribution in [2.24, 2.45) is 0 Å². The van der Waals surface area contributed by atoms with Gasteiger partial charge in [-0.25, -0.2) is 4.39 Å². The Kier molecular flexibility index (Phi) is 3.14. The summed E-state index contributed by atoms with van der Waals surface area (Å²) in [7, 11) is 0. The summed E-state index contributed by atoms with van der Waals surface area (Å²) >= 11 is 0. The first kappa shape index (κ1) is 11.4. The van der Waals surface area contributed by atoms with Crippen molar-refractivity contribution in [1.82, 2.24) is 10.2 Å². The van der Waals surface area contributed by atoms with E-state index in [1.807, 2.05) is 13.8 Å². The van der Waals surface area contributed by atoms with Gasteiger partial charge in [0.15, 0.2) is 5.67 Å². The monoisotopic (exact) mass is 202 g/mol. The van der Waals surface area contributed by atoms with Gasteiger partial charge in [0.2, 0.25) is 0 Å². The van der Waals surface area contributed by atoms with Gasteiger partial charge in [-0.3, -0.25) is 4.79 Å². The average Bonchev–Trinajstić information content (AvgIpc) is 2.01. The summed E-state index contributed by atoms with van der Waals surface area (Å²) in [5.41, 5.74) is -1.76. The third-order valence-corrected chi connectivity index (χ3v) is 2.57. The molecule has 1 heterocycles. The van der Waals surface area contributed by atoms with Gasteiger partial charge in [-0.1, -0.05) is 0 Å². The lowest BCUT2D eigenvalue weighted by atomic mass is 10.0. The molecule has 1 fully saturated rings. The van der Waals surface area contributed by atoms with Crippen LogP contribution in [0.2, 0.25) is 0 Å². The minimum absolute atomic E-state index is 0.0706. The molecule has 0 aromatic carbocycles. The molecule has 2 atom stereocenters. The van der Waals surface area contributed by atoms with Crippen molar-refractivity contribution in [1.29, 1.82) is 0 Å². The van der Waals surface area contributed by atoms with Crippen molar-refractivity contribution >= 4 is 5.91 Å². The summed E-state index contributed by atoms with van der Waals surface area (Å²) in [5, 5.41) is 3.20. The fourth-order valence-corrected chi connectivity index (χ4v) is 1.84. The van der Waals surface area contributed by atoms with Crippen LogP contribution in [0.15, 0.2) is 0 Å². The van der Waals surface area contributed by atoms with Gasteiger partial charge in [-0.05, 0) is 27.7 Å². The smallest absolute Gasteiger partial charge is 0.260 e. The SMILES string of the molecule is CC1CNCC(C)N1C(=O)C(C)(C)F. The van der Waals surface area contributed by atoms with Crippen LogP contribution in [0.3, 0.4) is 0 Å². The Morgan fingerprint density at radius 2 is 1.79 bits per heavy atom. The van der Waals surface area contributed by atoms with Gasteiger partial charge in [0, 0.05) is 25.2 Å². The van der Waals surface area contributed by atoms with Crippen LogP contribution in [0.1, 0.15) is 27.7 Å². The fourth-order valence-electron chi connectivity index (χ4n) is 1.84. The number of hydrogen-bond acceptors (Lipinski definition) is 2. The number of alkyl halides is 1. The van der Waals surface area contributed by atoms with Crippen LogP contribution >= 0.6 is 0 Å². The third kappa shape index (κ3) is 2.23. The molecule has 1 amide bonds. The molecule has 0 aromatic rings. The van der Waals surface area contributed by atoms with E-state index in [4.69, 9.17) is 0 Å². The van der Waals surface area contributed by atoms with Gasteiger partial charge in [-0.15, -0.1) is 0 Å². The fraction of sp³-hybridized carbons (Fsp3) is 0.900. The lowest BCUT2D eigenvalue weighted by molar-refractivity contribution is -0.147. The number of nitrogens with zero attached hydrogens (tertiary/aromatic N) is 1. The molecule has 0 saturated carbocycles. The van der Waals surface area contributed by atoms with E-state index in [-0.39, 0.29) is 12.1 Å². The largest absolute Gasteiger partial charge is 0.332 e. The number of halogens is 1. The highest BCUT2D eigenvalue weighted by Gasteiger charge is 2.37. The summed E-state index contributed by atoms with van der Waals surface area (Å²) in [6, 6.07) is 0.141. The quantitative estimate of drug-likeness (QED) is 0.686. The average molecular weight is 202 g/mol. The highest BCUT2D eigenvalue weighted by molar-refractivity contribution is 5.84. The molecule has 82 valence electrons. The predicted octanol–water partition coefficient (Wildman–Crippen LogP) is 0.943. The molecule has 0 radical (unpaired) electrons. The van der Waals surface area contributed by atoms with E-state index in [0.29, 0.717) is 0 Å². The summed E-state index contributed by atoms with van der Waals surface area (Å²) < 4.78 is 13.5. The van der Waals surface area contributed by atoms with E-state index in [1.165, 1.54) is 13.8 Å². The van der Waals surface area contributed by atoms with Crippen LogP contribution < -0.4 is 5.32 Å². The summed E-state index contributed by atoms with van der Waals surface area (Å²) in [6.45, 7) is 7.99. The predicted molar refractivity (Wildman–Crippen MR) is 53.8 cm³/mol. The van der Waals surface area contributed by atoms with Crippen LogP contribution in [0.5, 0.6) is 0 Å². The first-order valence-corrected chi connectivity index (χ1v) is 5.06. The van der Waals surface area contributed by atoms with Crippen molar-refractivity contribution in [2.75, 3.05) is 13.1 Å². The Morgan fingerprint density at radius 1 is 1.36 bits per heavy atom. The summed E-state index contributed by atoms with van der Waals surface area (Å²) in [4.78, 5) is 13.4. The lowest BCUT2D eigenvalue weighted by Crippen LogP contribution is -2.60. The molecule has 2 unspecified atom stereocenters. The van der Waals surface area contributed by atoms with E-state index in [2.05, 4.69) is 5.32 Å². The molecule has 3 nitrogen and oxygen atoms in total. The molecule has 4 heteroatoms. The molecule has 0 aliphatic carbocycles. The van der Waals surface area contributed by atoms with Gasteiger partial charge in [0.25, 0.3) is 5.91 Å². The second-order valence-corrected chi connectivity index (χ2v) is 4.54. The maximum Gasteiger partial charge on any atom is 0.260 e. The second kappa shape index (κ2) is 3.85. The normalized spacial score (nSPS) is 29.1.